The molecule has 5 heteroatoms. The van der Waals surface area contributed by atoms with Crippen LogP contribution in [-0.4, -0.2) is 50.7 Å². The van der Waals surface area contributed by atoms with Gasteiger partial charge in [0.15, 0.2) is 0 Å². The van der Waals surface area contributed by atoms with Crippen molar-refractivity contribution >= 4 is 34.8 Å². The van der Waals surface area contributed by atoms with Gasteiger partial charge in [0.2, 0.25) is 0 Å². The minimum absolute atomic E-state index is 0. The summed E-state index contributed by atoms with van der Waals surface area (Å²) in [5, 5.41) is 2.65. The van der Waals surface area contributed by atoms with Crippen LogP contribution in [0, 0.1) is 0 Å². The molecule has 1 unspecified atom stereocenters. The quantitative estimate of drug-likeness (QED) is 0.477. The third-order valence-corrected chi connectivity index (χ3v) is 6.35. The van der Waals surface area contributed by atoms with Crippen LogP contribution in [0.4, 0.5) is 5.69 Å². The number of hydrogen-bond donors (Lipinski definition) is 0. The highest BCUT2D eigenvalue weighted by molar-refractivity contribution is 5.94. The van der Waals surface area contributed by atoms with Gasteiger partial charge in [-0.1, -0.05) is 55.5 Å². The lowest BCUT2D eigenvalue weighted by molar-refractivity contribution is 0.0827. The van der Waals surface area contributed by atoms with E-state index in [0.29, 0.717) is 12.0 Å². The monoisotopic (exact) mass is 452 g/mol. The molecule has 1 fully saturated rings. The Kier molecular flexibility index (Phi) is 8.16. The van der Waals surface area contributed by atoms with Crippen LogP contribution in [0.5, 0.6) is 0 Å². The van der Waals surface area contributed by atoms with Crippen LogP contribution in [0.2, 0.25) is 0 Å². The van der Waals surface area contributed by atoms with Gasteiger partial charge in [0.1, 0.15) is 0 Å². The number of rotatable bonds is 6. The number of nitrogens with zero attached hydrogens (tertiary/aromatic N) is 2. The van der Waals surface area contributed by atoms with Gasteiger partial charge in [-0.05, 0) is 53.3 Å². The Morgan fingerprint density at radius 3 is 2.66 bits per heavy atom. The maximum absolute atomic E-state index is 12.4. The SMILES string of the molecule is C[C@@H](CCC1COCCN1c1cccc(C(=O)N(C)C)c1)c1cccc2ccccc12.Cl. The van der Waals surface area contributed by atoms with Crippen molar-refractivity contribution < 1.29 is 9.53 Å². The van der Waals surface area contributed by atoms with E-state index in [1.165, 1.54) is 16.3 Å². The lowest BCUT2D eigenvalue weighted by Crippen LogP contribution is -2.45. The Labute approximate surface area is 197 Å². The number of carbonyl (C=O) groups is 1. The average molecular weight is 453 g/mol. The first-order valence-corrected chi connectivity index (χ1v) is 11.2. The molecule has 1 amide bonds. The highest BCUT2D eigenvalue weighted by atomic mass is 35.5. The predicted octanol–water partition coefficient (Wildman–Crippen LogP) is 5.75. The van der Waals surface area contributed by atoms with Crippen LogP contribution < -0.4 is 4.90 Å². The molecule has 4 nitrogen and oxygen atoms in total. The number of carbonyl (C=O) groups excluding carboxylic acids is 1. The number of ether oxygens (including phenoxy) is 1. The first-order valence-electron chi connectivity index (χ1n) is 11.2. The van der Waals surface area contributed by atoms with E-state index in [1.54, 1.807) is 19.0 Å². The van der Waals surface area contributed by atoms with Crippen LogP contribution >= 0.6 is 12.4 Å². The first-order chi connectivity index (χ1) is 15.0. The van der Waals surface area contributed by atoms with Gasteiger partial charge >= 0.3 is 0 Å². The zero-order valence-electron chi connectivity index (χ0n) is 19.2. The van der Waals surface area contributed by atoms with Crippen LogP contribution in [0.3, 0.4) is 0 Å². The molecule has 1 aliphatic rings. The lowest BCUT2D eigenvalue weighted by Gasteiger charge is -2.38. The van der Waals surface area contributed by atoms with Gasteiger partial charge in [-0.15, -0.1) is 12.4 Å². The summed E-state index contributed by atoms with van der Waals surface area (Å²) in [6.45, 7) is 4.63. The van der Waals surface area contributed by atoms with Crippen molar-refractivity contribution in [3.05, 3.63) is 77.9 Å². The highest BCUT2D eigenvalue weighted by Crippen LogP contribution is 2.31. The van der Waals surface area contributed by atoms with Crippen molar-refractivity contribution in [3.8, 4) is 0 Å². The standard InChI is InChI=1S/C27H32N2O2.ClH/c1-20(25-13-7-9-21-8-4-5-12-26(21)25)14-15-24-19-31-17-16-29(24)23-11-6-10-22(18-23)27(30)28(2)3;/h4-13,18,20,24H,14-17,19H2,1-3H3;1H/t20-,24?;/m0./s1. The molecule has 2 atom stereocenters. The number of benzene rings is 3. The summed E-state index contributed by atoms with van der Waals surface area (Å²) in [6.07, 6.45) is 2.14. The molecule has 32 heavy (non-hydrogen) atoms. The van der Waals surface area contributed by atoms with Crippen molar-refractivity contribution in [2.75, 3.05) is 38.8 Å². The van der Waals surface area contributed by atoms with Crippen LogP contribution in [-0.2, 0) is 4.74 Å². The van der Waals surface area contributed by atoms with E-state index in [1.807, 2.05) is 18.2 Å². The van der Waals surface area contributed by atoms with Crippen molar-refractivity contribution in [2.24, 2.45) is 0 Å². The molecule has 1 saturated heterocycles. The maximum atomic E-state index is 12.4. The third kappa shape index (κ3) is 5.25. The zero-order valence-corrected chi connectivity index (χ0v) is 20.0. The van der Waals surface area contributed by atoms with Gasteiger partial charge in [0, 0.05) is 31.9 Å². The summed E-state index contributed by atoms with van der Waals surface area (Å²) in [6, 6.07) is 23.6. The summed E-state index contributed by atoms with van der Waals surface area (Å²) in [5.41, 5.74) is 3.26. The third-order valence-electron chi connectivity index (χ3n) is 6.35. The normalized spacial score (nSPS) is 17.0. The number of halogens is 1. The van der Waals surface area contributed by atoms with Crippen LogP contribution in [0.25, 0.3) is 10.8 Å². The molecule has 4 rings (SSSR count). The molecule has 3 aromatic carbocycles. The minimum atomic E-state index is 0. The topological polar surface area (TPSA) is 32.8 Å². The van der Waals surface area contributed by atoms with Crippen LogP contribution in [0.15, 0.2) is 66.7 Å². The molecule has 0 aromatic heterocycles. The summed E-state index contributed by atoms with van der Waals surface area (Å²) in [7, 11) is 3.59. The van der Waals surface area contributed by atoms with E-state index < -0.39 is 0 Å². The molecule has 0 N–H and O–H groups in total. The molecule has 1 aliphatic heterocycles. The second-order valence-electron chi connectivity index (χ2n) is 8.72. The fraction of sp³-hybridized carbons (Fsp3) is 0.370. The Morgan fingerprint density at radius 2 is 1.84 bits per heavy atom. The Hall–Kier alpha value is -2.56. The van der Waals surface area contributed by atoms with Gasteiger partial charge in [0.25, 0.3) is 5.91 Å². The highest BCUT2D eigenvalue weighted by Gasteiger charge is 2.25. The smallest absolute Gasteiger partial charge is 0.253 e. The van der Waals surface area contributed by atoms with Gasteiger partial charge < -0.3 is 14.5 Å². The van der Waals surface area contributed by atoms with E-state index in [-0.39, 0.29) is 18.3 Å². The predicted molar refractivity (Wildman–Crippen MR) is 135 cm³/mol. The molecule has 0 radical (unpaired) electrons. The number of anilines is 1. The minimum Gasteiger partial charge on any atom is -0.377 e. The molecule has 0 aliphatic carbocycles. The Morgan fingerprint density at radius 1 is 1.09 bits per heavy atom. The molecule has 1 heterocycles. The number of amides is 1. The van der Waals surface area contributed by atoms with Crippen molar-refractivity contribution in [2.45, 2.75) is 31.7 Å². The maximum Gasteiger partial charge on any atom is 0.253 e. The zero-order chi connectivity index (χ0) is 21.8. The summed E-state index contributed by atoms with van der Waals surface area (Å²) >= 11 is 0. The molecular formula is C27H33ClN2O2. The van der Waals surface area contributed by atoms with E-state index >= 15 is 0 Å². The van der Waals surface area contributed by atoms with Crippen molar-refractivity contribution in [1.29, 1.82) is 0 Å². The van der Waals surface area contributed by atoms with Crippen molar-refractivity contribution in [3.63, 3.8) is 0 Å². The molecule has 170 valence electrons. The summed E-state index contributed by atoms with van der Waals surface area (Å²) < 4.78 is 5.84. The van der Waals surface area contributed by atoms with Gasteiger partial charge in [-0.2, -0.15) is 0 Å². The fourth-order valence-corrected chi connectivity index (χ4v) is 4.59. The van der Waals surface area contributed by atoms with E-state index in [4.69, 9.17) is 4.74 Å². The Balaban J connectivity index is 0.00000289. The summed E-state index contributed by atoms with van der Waals surface area (Å²) in [5.74, 6) is 0.507. The molecule has 0 saturated carbocycles. The molecule has 3 aromatic rings. The molecular weight excluding hydrogens is 420 g/mol. The number of fused-ring (bicyclic) bond motifs is 1. The van der Waals surface area contributed by atoms with Gasteiger partial charge in [0.05, 0.1) is 19.3 Å². The largest absolute Gasteiger partial charge is 0.377 e. The van der Waals surface area contributed by atoms with E-state index in [9.17, 15) is 4.79 Å². The second kappa shape index (κ2) is 10.8. The van der Waals surface area contributed by atoms with Crippen LogP contribution in [0.1, 0.15) is 41.6 Å². The molecule has 0 spiro atoms. The number of morpholine rings is 1. The van der Waals surface area contributed by atoms with E-state index in [0.717, 1.165) is 43.9 Å². The molecule has 0 bridgehead atoms. The number of hydrogen-bond acceptors (Lipinski definition) is 3. The Bertz CT molecular complexity index is 1050. The van der Waals surface area contributed by atoms with Crippen molar-refractivity contribution in [1.82, 2.24) is 4.90 Å². The average Bonchev–Trinajstić information content (AvgIpc) is 2.82. The second-order valence-corrected chi connectivity index (χ2v) is 8.72. The van der Waals surface area contributed by atoms with Gasteiger partial charge in [-0.3, -0.25) is 4.79 Å². The fourth-order valence-electron chi connectivity index (χ4n) is 4.59. The van der Waals surface area contributed by atoms with E-state index in [2.05, 4.69) is 60.4 Å². The van der Waals surface area contributed by atoms with Gasteiger partial charge in [-0.25, -0.2) is 0 Å². The lowest BCUT2D eigenvalue weighted by atomic mass is 9.90. The first kappa shape index (κ1) is 24.1. The summed E-state index contributed by atoms with van der Waals surface area (Å²) in [4.78, 5) is 16.5.